The molecule has 2 amide bonds. The molecule has 1 aliphatic rings. The number of aryl methyl sites for hydroxylation is 1. The Labute approximate surface area is 119 Å². The Hall–Kier alpha value is -1.56. The lowest BCUT2D eigenvalue weighted by Gasteiger charge is -2.16. The number of hydrogen-bond acceptors (Lipinski definition) is 3. The zero-order valence-corrected chi connectivity index (χ0v) is 12.3. The van der Waals surface area contributed by atoms with Gasteiger partial charge in [-0.1, -0.05) is 22.0 Å². The topological polar surface area (TPSA) is 67.4 Å². The van der Waals surface area contributed by atoms with Crippen molar-refractivity contribution in [2.24, 2.45) is 0 Å². The molecule has 0 atom stereocenters. The van der Waals surface area contributed by atoms with Crippen molar-refractivity contribution in [1.82, 2.24) is 5.32 Å². The molecule has 1 aliphatic carbocycles. The molecule has 0 unspecified atom stereocenters. The number of urea groups is 1. The first kappa shape index (κ1) is 13.9. The number of hydrogen-bond donors (Lipinski definition) is 2. The average molecular weight is 327 g/mol. The van der Waals surface area contributed by atoms with E-state index in [4.69, 9.17) is 0 Å². The number of anilines is 1. The second-order valence-electron chi connectivity index (χ2n) is 4.61. The van der Waals surface area contributed by atoms with E-state index in [1.165, 1.54) is 7.11 Å². The van der Waals surface area contributed by atoms with Gasteiger partial charge >= 0.3 is 12.0 Å². The SMILES string of the molecule is COC(=O)C1(NC(=O)Nc2cc(Br)ccc2C)CC1. The van der Waals surface area contributed by atoms with Gasteiger partial charge in [-0.15, -0.1) is 0 Å². The van der Waals surface area contributed by atoms with E-state index in [9.17, 15) is 9.59 Å². The van der Waals surface area contributed by atoms with E-state index in [0.29, 0.717) is 18.5 Å². The van der Waals surface area contributed by atoms with Gasteiger partial charge in [-0.2, -0.15) is 0 Å². The van der Waals surface area contributed by atoms with Crippen LogP contribution in [0, 0.1) is 6.92 Å². The predicted octanol–water partition coefficient (Wildman–Crippen LogP) is 2.58. The summed E-state index contributed by atoms with van der Waals surface area (Å²) in [5.74, 6) is -0.395. The molecule has 1 aromatic rings. The fourth-order valence-electron chi connectivity index (χ4n) is 1.80. The first-order valence-electron chi connectivity index (χ1n) is 5.90. The molecule has 0 saturated heterocycles. The third kappa shape index (κ3) is 3.07. The lowest BCUT2D eigenvalue weighted by atomic mass is 10.2. The van der Waals surface area contributed by atoms with Crippen LogP contribution in [0.2, 0.25) is 0 Å². The van der Waals surface area contributed by atoms with Crippen LogP contribution in [0.3, 0.4) is 0 Å². The highest BCUT2D eigenvalue weighted by Gasteiger charge is 2.52. The molecule has 0 radical (unpaired) electrons. The van der Waals surface area contributed by atoms with Crippen LogP contribution in [-0.4, -0.2) is 24.6 Å². The number of rotatable bonds is 3. The Kier molecular flexibility index (Phi) is 3.80. The smallest absolute Gasteiger partial charge is 0.331 e. The summed E-state index contributed by atoms with van der Waals surface area (Å²) in [4.78, 5) is 23.4. The predicted molar refractivity (Wildman–Crippen MR) is 75.0 cm³/mol. The van der Waals surface area contributed by atoms with Crippen LogP contribution in [0.1, 0.15) is 18.4 Å². The number of nitrogens with one attached hydrogen (secondary N) is 2. The summed E-state index contributed by atoms with van der Waals surface area (Å²) in [6.07, 6.45) is 1.23. The quantitative estimate of drug-likeness (QED) is 0.839. The summed E-state index contributed by atoms with van der Waals surface area (Å²) >= 11 is 3.35. The van der Waals surface area contributed by atoms with Gasteiger partial charge in [0.25, 0.3) is 0 Å². The van der Waals surface area contributed by atoms with Crippen LogP contribution >= 0.6 is 15.9 Å². The molecule has 1 fully saturated rings. The standard InChI is InChI=1S/C13H15BrN2O3/c1-8-3-4-9(14)7-10(8)15-12(18)16-13(5-6-13)11(17)19-2/h3-4,7H,5-6H2,1-2H3,(H2,15,16,18). The summed E-state index contributed by atoms with van der Waals surface area (Å²) in [6.45, 7) is 1.90. The first-order chi connectivity index (χ1) is 8.97. The second kappa shape index (κ2) is 5.21. The fourth-order valence-corrected chi connectivity index (χ4v) is 2.16. The van der Waals surface area contributed by atoms with Crippen molar-refractivity contribution < 1.29 is 14.3 Å². The Balaban J connectivity index is 2.02. The van der Waals surface area contributed by atoms with E-state index in [2.05, 4.69) is 31.3 Å². The van der Waals surface area contributed by atoms with E-state index in [1.54, 1.807) is 0 Å². The number of ether oxygens (including phenoxy) is 1. The number of benzene rings is 1. The number of carbonyl (C=O) groups excluding carboxylic acids is 2. The Morgan fingerprint density at radius 2 is 2.05 bits per heavy atom. The van der Waals surface area contributed by atoms with Crippen molar-refractivity contribution in [3.8, 4) is 0 Å². The number of methoxy groups -OCH3 is 1. The maximum Gasteiger partial charge on any atom is 0.331 e. The molecule has 19 heavy (non-hydrogen) atoms. The Morgan fingerprint density at radius 3 is 2.63 bits per heavy atom. The molecule has 0 bridgehead atoms. The highest BCUT2D eigenvalue weighted by molar-refractivity contribution is 9.10. The highest BCUT2D eigenvalue weighted by atomic mass is 79.9. The van der Waals surface area contributed by atoms with Crippen LogP contribution in [0.25, 0.3) is 0 Å². The number of esters is 1. The average Bonchev–Trinajstić information content (AvgIpc) is 3.13. The maximum atomic E-state index is 11.9. The summed E-state index contributed by atoms with van der Waals surface area (Å²) in [7, 11) is 1.32. The Bertz CT molecular complexity index is 527. The molecular formula is C13H15BrN2O3. The molecule has 2 rings (SSSR count). The van der Waals surface area contributed by atoms with Crippen LogP contribution in [0.5, 0.6) is 0 Å². The normalized spacial score (nSPS) is 15.5. The Morgan fingerprint density at radius 1 is 1.37 bits per heavy atom. The minimum atomic E-state index is -0.835. The van der Waals surface area contributed by atoms with Crippen LogP contribution in [0.4, 0.5) is 10.5 Å². The van der Waals surface area contributed by atoms with E-state index in [1.807, 2.05) is 25.1 Å². The molecule has 0 heterocycles. The van der Waals surface area contributed by atoms with Gasteiger partial charge in [-0.05, 0) is 37.5 Å². The molecule has 0 aliphatic heterocycles. The minimum Gasteiger partial charge on any atom is -0.467 e. The number of amides is 2. The summed E-state index contributed by atoms with van der Waals surface area (Å²) in [5, 5.41) is 5.41. The zero-order valence-electron chi connectivity index (χ0n) is 10.7. The van der Waals surface area contributed by atoms with Crippen molar-refractivity contribution >= 4 is 33.6 Å². The van der Waals surface area contributed by atoms with Gasteiger partial charge in [0.05, 0.1) is 7.11 Å². The van der Waals surface area contributed by atoms with Crippen LogP contribution in [0.15, 0.2) is 22.7 Å². The number of halogens is 1. The van der Waals surface area contributed by atoms with Crippen molar-refractivity contribution in [3.63, 3.8) is 0 Å². The van der Waals surface area contributed by atoms with E-state index >= 15 is 0 Å². The summed E-state index contributed by atoms with van der Waals surface area (Å²) in [5.41, 5.74) is 0.812. The van der Waals surface area contributed by atoms with Crippen molar-refractivity contribution in [2.75, 3.05) is 12.4 Å². The molecule has 1 aromatic carbocycles. The molecule has 6 heteroatoms. The molecule has 1 saturated carbocycles. The van der Waals surface area contributed by atoms with Gasteiger partial charge in [0.2, 0.25) is 0 Å². The van der Waals surface area contributed by atoms with E-state index in [-0.39, 0.29) is 0 Å². The molecule has 0 aromatic heterocycles. The monoisotopic (exact) mass is 326 g/mol. The van der Waals surface area contributed by atoms with Crippen molar-refractivity contribution in [1.29, 1.82) is 0 Å². The van der Waals surface area contributed by atoms with Crippen molar-refractivity contribution in [3.05, 3.63) is 28.2 Å². The van der Waals surface area contributed by atoms with Gasteiger partial charge < -0.3 is 15.4 Å². The lowest BCUT2D eigenvalue weighted by molar-refractivity contribution is -0.144. The van der Waals surface area contributed by atoms with Gasteiger partial charge in [0.1, 0.15) is 5.54 Å². The van der Waals surface area contributed by atoms with Gasteiger partial charge in [0, 0.05) is 10.2 Å². The molecule has 5 nitrogen and oxygen atoms in total. The van der Waals surface area contributed by atoms with Gasteiger partial charge in [-0.3, -0.25) is 0 Å². The van der Waals surface area contributed by atoms with E-state index < -0.39 is 17.5 Å². The third-order valence-corrected chi connectivity index (χ3v) is 3.62. The highest BCUT2D eigenvalue weighted by Crippen LogP contribution is 2.36. The molecule has 2 N–H and O–H groups in total. The second-order valence-corrected chi connectivity index (χ2v) is 5.53. The zero-order chi connectivity index (χ0) is 14.0. The summed E-state index contributed by atoms with van der Waals surface area (Å²) in [6, 6.07) is 5.21. The van der Waals surface area contributed by atoms with Gasteiger partial charge in [0.15, 0.2) is 0 Å². The lowest BCUT2D eigenvalue weighted by Crippen LogP contribution is -2.45. The molecular weight excluding hydrogens is 312 g/mol. The van der Waals surface area contributed by atoms with Crippen molar-refractivity contribution in [2.45, 2.75) is 25.3 Å². The minimum absolute atomic E-state index is 0.395. The maximum absolute atomic E-state index is 11.9. The van der Waals surface area contributed by atoms with Gasteiger partial charge in [-0.25, -0.2) is 9.59 Å². The summed E-state index contributed by atoms with van der Waals surface area (Å²) < 4.78 is 5.56. The largest absolute Gasteiger partial charge is 0.467 e. The molecule has 102 valence electrons. The van der Waals surface area contributed by atoms with Crippen LogP contribution in [-0.2, 0) is 9.53 Å². The fraction of sp³-hybridized carbons (Fsp3) is 0.385. The molecule has 0 spiro atoms. The third-order valence-electron chi connectivity index (χ3n) is 3.13. The van der Waals surface area contributed by atoms with Crippen LogP contribution < -0.4 is 10.6 Å². The van der Waals surface area contributed by atoms with E-state index in [0.717, 1.165) is 10.0 Å². The number of carbonyl (C=O) groups is 2. The first-order valence-corrected chi connectivity index (χ1v) is 6.70.